The SMILES string of the molecule is CN1CCC(CNC2CCc3cc(Br)ccc3C2)C1. The van der Waals surface area contributed by atoms with Crippen molar-refractivity contribution in [2.45, 2.75) is 31.7 Å². The fraction of sp³-hybridized carbons (Fsp3) is 0.625. The molecule has 2 atom stereocenters. The van der Waals surface area contributed by atoms with Gasteiger partial charge in [-0.25, -0.2) is 0 Å². The molecule has 19 heavy (non-hydrogen) atoms. The number of fused-ring (bicyclic) bond motifs is 1. The van der Waals surface area contributed by atoms with Crippen molar-refractivity contribution in [3.05, 3.63) is 33.8 Å². The molecule has 0 saturated carbocycles. The number of rotatable bonds is 3. The lowest BCUT2D eigenvalue weighted by atomic mass is 9.88. The molecule has 1 N–H and O–H groups in total. The second kappa shape index (κ2) is 5.94. The lowest BCUT2D eigenvalue weighted by molar-refractivity contribution is 0.369. The number of nitrogens with one attached hydrogen (secondary N) is 1. The van der Waals surface area contributed by atoms with Gasteiger partial charge in [-0.05, 0) is 75.0 Å². The first-order valence-electron chi connectivity index (χ1n) is 7.40. The van der Waals surface area contributed by atoms with Crippen LogP contribution >= 0.6 is 15.9 Å². The Morgan fingerprint density at radius 3 is 3.00 bits per heavy atom. The molecule has 104 valence electrons. The Labute approximate surface area is 124 Å². The van der Waals surface area contributed by atoms with Crippen LogP contribution in [-0.4, -0.2) is 37.6 Å². The summed E-state index contributed by atoms with van der Waals surface area (Å²) in [5.74, 6) is 0.858. The quantitative estimate of drug-likeness (QED) is 0.920. The highest BCUT2D eigenvalue weighted by Crippen LogP contribution is 2.25. The minimum atomic E-state index is 0.680. The molecule has 3 heteroatoms. The van der Waals surface area contributed by atoms with E-state index in [0.717, 1.165) is 5.92 Å². The molecule has 3 rings (SSSR count). The number of nitrogens with zero attached hydrogens (tertiary/aromatic N) is 1. The number of hydrogen-bond donors (Lipinski definition) is 1. The van der Waals surface area contributed by atoms with E-state index in [0.29, 0.717) is 6.04 Å². The van der Waals surface area contributed by atoms with Crippen molar-refractivity contribution in [2.75, 3.05) is 26.7 Å². The van der Waals surface area contributed by atoms with Crippen LogP contribution in [0.15, 0.2) is 22.7 Å². The zero-order valence-electron chi connectivity index (χ0n) is 11.7. The third-order valence-electron chi connectivity index (χ3n) is 4.58. The molecule has 0 bridgehead atoms. The molecule has 1 aliphatic heterocycles. The maximum absolute atomic E-state index is 3.80. The summed E-state index contributed by atoms with van der Waals surface area (Å²) in [5, 5.41) is 3.80. The normalized spacial score (nSPS) is 27.5. The predicted octanol–water partition coefficient (Wildman–Crippen LogP) is 2.85. The predicted molar refractivity (Wildman–Crippen MR) is 83.6 cm³/mol. The Balaban J connectivity index is 1.53. The lowest BCUT2D eigenvalue weighted by Gasteiger charge is -2.27. The minimum Gasteiger partial charge on any atom is -0.313 e. The van der Waals surface area contributed by atoms with E-state index in [1.807, 2.05) is 0 Å². The molecule has 1 fully saturated rings. The zero-order chi connectivity index (χ0) is 13.2. The van der Waals surface area contributed by atoms with Crippen molar-refractivity contribution >= 4 is 15.9 Å². The van der Waals surface area contributed by atoms with Crippen LogP contribution in [0.2, 0.25) is 0 Å². The summed E-state index contributed by atoms with van der Waals surface area (Å²) in [6.45, 7) is 3.73. The number of likely N-dealkylation sites (tertiary alicyclic amines) is 1. The zero-order valence-corrected chi connectivity index (χ0v) is 13.2. The van der Waals surface area contributed by atoms with Gasteiger partial charge in [0, 0.05) is 17.1 Å². The number of hydrogen-bond acceptors (Lipinski definition) is 2. The van der Waals surface area contributed by atoms with E-state index in [-0.39, 0.29) is 0 Å². The van der Waals surface area contributed by atoms with Gasteiger partial charge in [-0.3, -0.25) is 0 Å². The molecule has 1 aliphatic carbocycles. The Morgan fingerprint density at radius 2 is 2.21 bits per heavy atom. The van der Waals surface area contributed by atoms with E-state index < -0.39 is 0 Å². The van der Waals surface area contributed by atoms with Crippen LogP contribution in [0.25, 0.3) is 0 Å². The van der Waals surface area contributed by atoms with Gasteiger partial charge in [0.25, 0.3) is 0 Å². The third kappa shape index (κ3) is 3.39. The first-order valence-corrected chi connectivity index (χ1v) is 8.19. The van der Waals surface area contributed by atoms with Gasteiger partial charge in [0.05, 0.1) is 0 Å². The average Bonchev–Trinajstić information content (AvgIpc) is 2.82. The molecule has 0 radical (unpaired) electrons. The van der Waals surface area contributed by atoms with Crippen molar-refractivity contribution in [2.24, 2.45) is 5.92 Å². The van der Waals surface area contributed by atoms with Gasteiger partial charge in [-0.2, -0.15) is 0 Å². The maximum Gasteiger partial charge on any atom is 0.0178 e. The van der Waals surface area contributed by atoms with Gasteiger partial charge in [-0.15, -0.1) is 0 Å². The van der Waals surface area contributed by atoms with E-state index in [1.165, 1.54) is 60.9 Å². The summed E-state index contributed by atoms with van der Waals surface area (Å²) in [4.78, 5) is 2.44. The van der Waals surface area contributed by atoms with Crippen molar-refractivity contribution in [3.8, 4) is 0 Å². The molecule has 2 unspecified atom stereocenters. The second-order valence-corrected chi connectivity index (χ2v) is 7.09. The van der Waals surface area contributed by atoms with Crippen molar-refractivity contribution in [1.82, 2.24) is 10.2 Å². The molecular formula is C16H23BrN2. The number of halogens is 1. The van der Waals surface area contributed by atoms with Crippen LogP contribution in [0.5, 0.6) is 0 Å². The molecule has 1 saturated heterocycles. The number of aryl methyl sites for hydroxylation is 1. The van der Waals surface area contributed by atoms with Crippen LogP contribution in [0.3, 0.4) is 0 Å². The number of benzene rings is 1. The van der Waals surface area contributed by atoms with Crippen LogP contribution in [0.1, 0.15) is 24.0 Å². The summed E-state index contributed by atoms with van der Waals surface area (Å²) < 4.78 is 1.21. The average molecular weight is 323 g/mol. The maximum atomic E-state index is 3.80. The molecule has 0 spiro atoms. The van der Waals surface area contributed by atoms with E-state index >= 15 is 0 Å². The van der Waals surface area contributed by atoms with Gasteiger partial charge in [0.2, 0.25) is 0 Å². The summed E-state index contributed by atoms with van der Waals surface area (Å²) in [6, 6.07) is 7.43. The van der Waals surface area contributed by atoms with Crippen LogP contribution in [0, 0.1) is 5.92 Å². The molecule has 1 aromatic carbocycles. The van der Waals surface area contributed by atoms with Crippen molar-refractivity contribution < 1.29 is 0 Å². The molecule has 1 aromatic rings. The van der Waals surface area contributed by atoms with Crippen molar-refractivity contribution in [3.63, 3.8) is 0 Å². The largest absolute Gasteiger partial charge is 0.313 e. The topological polar surface area (TPSA) is 15.3 Å². The third-order valence-corrected chi connectivity index (χ3v) is 5.07. The van der Waals surface area contributed by atoms with Gasteiger partial charge in [-0.1, -0.05) is 22.0 Å². The summed E-state index contributed by atoms with van der Waals surface area (Å²) in [6.07, 6.45) is 5.06. The Morgan fingerprint density at radius 1 is 1.32 bits per heavy atom. The molecule has 0 aromatic heterocycles. The molecule has 2 aliphatic rings. The standard InChI is InChI=1S/C16H23BrN2/c1-19-7-6-12(11-19)10-18-16-5-3-13-8-15(17)4-2-14(13)9-16/h2,4,8,12,16,18H,3,5-7,9-11H2,1H3. The summed E-state index contributed by atoms with van der Waals surface area (Å²) in [7, 11) is 2.23. The highest BCUT2D eigenvalue weighted by molar-refractivity contribution is 9.10. The minimum absolute atomic E-state index is 0.680. The monoisotopic (exact) mass is 322 g/mol. The second-order valence-electron chi connectivity index (χ2n) is 6.18. The highest BCUT2D eigenvalue weighted by atomic mass is 79.9. The van der Waals surface area contributed by atoms with Gasteiger partial charge in [0.15, 0.2) is 0 Å². The van der Waals surface area contributed by atoms with E-state index in [1.54, 1.807) is 0 Å². The van der Waals surface area contributed by atoms with Gasteiger partial charge in [0.1, 0.15) is 0 Å². The molecular weight excluding hydrogens is 300 g/mol. The molecule has 2 nitrogen and oxygen atoms in total. The van der Waals surface area contributed by atoms with Crippen LogP contribution in [-0.2, 0) is 12.8 Å². The first kappa shape index (κ1) is 13.6. The Bertz CT molecular complexity index is 446. The first-order chi connectivity index (χ1) is 9.20. The summed E-state index contributed by atoms with van der Waals surface area (Å²) in [5.41, 5.74) is 3.07. The summed E-state index contributed by atoms with van der Waals surface area (Å²) >= 11 is 3.57. The van der Waals surface area contributed by atoms with E-state index in [2.05, 4.69) is 51.4 Å². The van der Waals surface area contributed by atoms with E-state index in [9.17, 15) is 0 Å². The van der Waals surface area contributed by atoms with Crippen LogP contribution < -0.4 is 5.32 Å². The molecule has 0 amide bonds. The van der Waals surface area contributed by atoms with Gasteiger partial charge >= 0.3 is 0 Å². The fourth-order valence-electron chi connectivity index (χ4n) is 3.42. The Kier molecular flexibility index (Phi) is 4.25. The molecule has 1 heterocycles. The van der Waals surface area contributed by atoms with Gasteiger partial charge < -0.3 is 10.2 Å². The van der Waals surface area contributed by atoms with E-state index in [4.69, 9.17) is 0 Å². The fourth-order valence-corrected chi connectivity index (χ4v) is 3.83. The lowest BCUT2D eigenvalue weighted by Crippen LogP contribution is -2.38. The van der Waals surface area contributed by atoms with Crippen LogP contribution in [0.4, 0.5) is 0 Å². The van der Waals surface area contributed by atoms with Crippen molar-refractivity contribution in [1.29, 1.82) is 0 Å². The highest BCUT2D eigenvalue weighted by Gasteiger charge is 2.22. The smallest absolute Gasteiger partial charge is 0.0178 e. The Hall–Kier alpha value is -0.380.